The lowest BCUT2D eigenvalue weighted by Crippen LogP contribution is -2.48. The maximum atomic E-state index is 5.41. The van der Waals surface area contributed by atoms with E-state index in [0.717, 1.165) is 26.1 Å². The first-order chi connectivity index (χ1) is 4.85. The summed E-state index contributed by atoms with van der Waals surface area (Å²) < 4.78 is 15.9. The van der Waals surface area contributed by atoms with Crippen LogP contribution in [0, 0.1) is 0 Å². The highest BCUT2D eigenvalue weighted by atomic mass is 16.7. The Hall–Kier alpha value is -0.120. The molecule has 0 unspecified atom stereocenters. The molecule has 0 aromatic carbocycles. The standard InChI is InChI=1S/C7H12O3/c1-8-6-4-7(5-6)9-2-3-10-7/h6H,2-5H2,1H3. The summed E-state index contributed by atoms with van der Waals surface area (Å²) in [6, 6.07) is 0. The molecule has 0 aromatic rings. The fraction of sp³-hybridized carbons (Fsp3) is 1.00. The van der Waals surface area contributed by atoms with Gasteiger partial charge < -0.3 is 14.2 Å². The molecule has 0 N–H and O–H groups in total. The van der Waals surface area contributed by atoms with Gasteiger partial charge in [0, 0.05) is 20.0 Å². The van der Waals surface area contributed by atoms with E-state index in [9.17, 15) is 0 Å². The molecule has 0 amide bonds. The summed E-state index contributed by atoms with van der Waals surface area (Å²) in [4.78, 5) is 0. The molecular formula is C7H12O3. The predicted octanol–water partition coefficient (Wildman–Crippen LogP) is 0.538. The minimum Gasteiger partial charge on any atom is -0.381 e. The Bertz CT molecular complexity index is 121. The van der Waals surface area contributed by atoms with E-state index in [1.54, 1.807) is 7.11 Å². The molecule has 2 rings (SSSR count). The zero-order valence-corrected chi connectivity index (χ0v) is 6.13. The van der Waals surface area contributed by atoms with Crippen molar-refractivity contribution in [3.63, 3.8) is 0 Å². The Morgan fingerprint density at radius 1 is 1.30 bits per heavy atom. The van der Waals surface area contributed by atoms with Crippen LogP contribution in [0.4, 0.5) is 0 Å². The first-order valence-electron chi connectivity index (χ1n) is 3.65. The quantitative estimate of drug-likeness (QED) is 0.537. The second-order valence-electron chi connectivity index (χ2n) is 2.87. The van der Waals surface area contributed by atoms with Gasteiger partial charge in [0.2, 0.25) is 0 Å². The van der Waals surface area contributed by atoms with Crippen molar-refractivity contribution < 1.29 is 14.2 Å². The Labute approximate surface area is 60.3 Å². The Morgan fingerprint density at radius 2 is 1.90 bits per heavy atom. The molecule has 1 saturated carbocycles. The van der Waals surface area contributed by atoms with Gasteiger partial charge in [-0.15, -0.1) is 0 Å². The van der Waals surface area contributed by atoms with Gasteiger partial charge in [0.1, 0.15) is 0 Å². The fourth-order valence-corrected chi connectivity index (χ4v) is 1.53. The van der Waals surface area contributed by atoms with Gasteiger partial charge in [0.25, 0.3) is 0 Å². The number of methoxy groups -OCH3 is 1. The van der Waals surface area contributed by atoms with E-state index in [1.165, 1.54) is 0 Å². The van der Waals surface area contributed by atoms with Crippen LogP contribution < -0.4 is 0 Å². The van der Waals surface area contributed by atoms with Crippen LogP contribution in [-0.4, -0.2) is 32.2 Å². The molecule has 10 heavy (non-hydrogen) atoms. The van der Waals surface area contributed by atoms with Gasteiger partial charge in [-0.3, -0.25) is 0 Å². The molecule has 1 spiro atoms. The lowest BCUT2D eigenvalue weighted by molar-refractivity contribution is -0.250. The molecule has 0 bridgehead atoms. The minimum atomic E-state index is -0.235. The first kappa shape index (κ1) is 6.58. The molecule has 1 aliphatic carbocycles. The molecule has 3 heteroatoms. The SMILES string of the molecule is COC1CC2(C1)OCCO2. The maximum Gasteiger partial charge on any atom is 0.173 e. The van der Waals surface area contributed by atoms with E-state index < -0.39 is 0 Å². The zero-order chi connectivity index (χ0) is 7.03. The third-order valence-electron chi connectivity index (χ3n) is 2.22. The molecule has 0 radical (unpaired) electrons. The van der Waals surface area contributed by atoms with E-state index in [0.29, 0.717) is 6.10 Å². The van der Waals surface area contributed by atoms with Crippen molar-refractivity contribution >= 4 is 0 Å². The van der Waals surface area contributed by atoms with E-state index in [4.69, 9.17) is 14.2 Å². The van der Waals surface area contributed by atoms with Crippen LogP contribution in [0.25, 0.3) is 0 Å². The van der Waals surface area contributed by atoms with Gasteiger partial charge in [-0.25, -0.2) is 0 Å². The highest BCUT2D eigenvalue weighted by molar-refractivity contribution is 4.91. The Morgan fingerprint density at radius 3 is 2.40 bits per heavy atom. The second kappa shape index (κ2) is 2.19. The average Bonchev–Trinajstić information content (AvgIpc) is 2.30. The molecule has 1 saturated heterocycles. The van der Waals surface area contributed by atoms with Crippen LogP contribution in [0.1, 0.15) is 12.8 Å². The molecule has 2 fully saturated rings. The summed E-state index contributed by atoms with van der Waals surface area (Å²) in [5, 5.41) is 0. The molecule has 1 heterocycles. The van der Waals surface area contributed by atoms with Crippen molar-refractivity contribution in [1.29, 1.82) is 0 Å². The number of ether oxygens (including phenoxy) is 3. The number of hydrogen-bond acceptors (Lipinski definition) is 3. The topological polar surface area (TPSA) is 27.7 Å². The van der Waals surface area contributed by atoms with Gasteiger partial charge in [0.15, 0.2) is 5.79 Å². The van der Waals surface area contributed by atoms with Gasteiger partial charge in [-0.2, -0.15) is 0 Å². The van der Waals surface area contributed by atoms with Gasteiger partial charge in [0.05, 0.1) is 19.3 Å². The number of hydrogen-bond donors (Lipinski definition) is 0. The van der Waals surface area contributed by atoms with Crippen LogP contribution in [0.5, 0.6) is 0 Å². The predicted molar refractivity (Wildman–Crippen MR) is 34.7 cm³/mol. The lowest BCUT2D eigenvalue weighted by Gasteiger charge is -2.41. The van der Waals surface area contributed by atoms with Crippen molar-refractivity contribution in [3.05, 3.63) is 0 Å². The number of rotatable bonds is 1. The van der Waals surface area contributed by atoms with E-state index in [1.807, 2.05) is 0 Å². The molecule has 0 atom stereocenters. The summed E-state index contributed by atoms with van der Waals surface area (Å²) in [5.41, 5.74) is 0. The third-order valence-corrected chi connectivity index (χ3v) is 2.22. The normalized spacial score (nSPS) is 30.9. The van der Waals surface area contributed by atoms with Gasteiger partial charge >= 0.3 is 0 Å². The smallest absolute Gasteiger partial charge is 0.173 e. The van der Waals surface area contributed by atoms with Crippen LogP contribution in [0.3, 0.4) is 0 Å². The summed E-state index contributed by atoms with van der Waals surface area (Å²) in [6.45, 7) is 1.49. The van der Waals surface area contributed by atoms with Crippen molar-refractivity contribution in [2.24, 2.45) is 0 Å². The van der Waals surface area contributed by atoms with Crippen LogP contribution in [0.2, 0.25) is 0 Å². The molecule has 0 aromatic heterocycles. The zero-order valence-electron chi connectivity index (χ0n) is 6.13. The second-order valence-corrected chi connectivity index (χ2v) is 2.87. The largest absolute Gasteiger partial charge is 0.381 e. The van der Waals surface area contributed by atoms with E-state index in [-0.39, 0.29) is 5.79 Å². The van der Waals surface area contributed by atoms with Crippen LogP contribution in [0.15, 0.2) is 0 Å². The van der Waals surface area contributed by atoms with Crippen molar-refractivity contribution in [3.8, 4) is 0 Å². The minimum absolute atomic E-state index is 0.235. The molecule has 1 aliphatic heterocycles. The van der Waals surface area contributed by atoms with Crippen molar-refractivity contribution in [2.75, 3.05) is 20.3 Å². The van der Waals surface area contributed by atoms with Crippen molar-refractivity contribution in [2.45, 2.75) is 24.7 Å². The highest BCUT2D eigenvalue weighted by Crippen LogP contribution is 2.40. The summed E-state index contributed by atoms with van der Waals surface area (Å²) in [5.74, 6) is -0.235. The molecular weight excluding hydrogens is 132 g/mol. The first-order valence-corrected chi connectivity index (χ1v) is 3.65. The highest BCUT2D eigenvalue weighted by Gasteiger charge is 2.49. The summed E-state index contributed by atoms with van der Waals surface area (Å²) in [6.07, 6.45) is 2.17. The monoisotopic (exact) mass is 144 g/mol. The van der Waals surface area contributed by atoms with E-state index in [2.05, 4.69) is 0 Å². The lowest BCUT2D eigenvalue weighted by atomic mass is 9.88. The van der Waals surface area contributed by atoms with Crippen LogP contribution >= 0.6 is 0 Å². The maximum absolute atomic E-state index is 5.41. The molecule has 58 valence electrons. The Kier molecular flexibility index (Phi) is 1.44. The van der Waals surface area contributed by atoms with Crippen LogP contribution in [-0.2, 0) is 14.2 Å². The van der Waals surface area contributed by atoms with Crippen molar-refractivity contribution in [1.82, 2.24) is 0 Å². The Balaban J connectivity index is 1.86. The molecule has 3 nitrogen and oxygen atoms in total. The summed E-state index contributed by atoms with van der Waals surface area (Å²) >= 11 is 0. The van der Waals surface area contributed by atoms with E-state index >= 15 is 0 Å². The summed E-state index contributed by atoms with van der Waals surface area (Å²) in [7, 11) is 1.73. The third kappa shape index (κ3) is 0.856. The van der Waals surface area contributed by atoms with Gasteiger partial charge in [-0.05, 0) is 0 Å². The average molecular weight is 144 g/mol. The molecule has 2 aliphatic rings. The fourth-order valence-electron chi connectivity index (χ4n) is 1.53. The van der Waals surface area contributed by atoms with Gasteiger partial charge in [-0.1, -0.05) is 0 Å².